The predicted molar refractivity (Wildman–Crippen MR) is 92.5 cm³/mol. The van der Waals surface area contributed by atoms with E-state index in [9.17, 15) is 9.59 Å². The molecule has 0 spiro atoms. The van der Waals surface area contributed by atoms with Crippen LogP contribution in [0.5, 0.6) is 0 Å². The second kappa shape index (κ2) is 6.87. The predicted octanol–water partition coefficient (Wildman–Crippen LogP) is 2.53. The van der Waals surface area contributed by atoms with Crippen LogP contribution >= 0.6 is 0 Å². The van der Waals surface area contributed by atoms with E-state index in [-0.39, 0.29) is 11.8 Å². The fourth-order valence-electron chi connectivity index (χ4n) is 3.01. The summed E-state index contributed by atoms with van der Waals surface area (Å²) in [6, 6.07) is 12.7. The lowest BCUT2D eigenvalue weighted by atomic mass is 10.1. The van der Waals surface area contributed by atoms with Crippen molar-refractivity contribution in [3.05, 3.63) is 66.6 Å². The van der Waals surface area contributed by atoms with Crippen LogP contribution in [0.4, 0.5) is 0 Å². The van der Waals surface area contributed by atoms with Crippen LogP contribution in [0.1, 0.15) is 21.0 Å². The Morgan fingerprint density at radius 3 is 2.19 bits per heavy atom. The Morgan fingerprint density at radius 1 is 0.846 bits per heavy atom. The Bertz CT molecular complexity index is 894. The van der Waals surface area contributed by atoms with Crippen molar-refractivity contribution in [2.75, 3.05) is 26.2 Å². The minimum absolute atomic E-state index is 0.159. The van der Waals surface area contributed by atoms with E-state index in [1.807, 2.05) is 30.3 Å². The zero-order valence-electron chi connectivity index (χ0n) is 14.0. The molecule has 1 aromatic carbocycles. The van der Waals surface area contributed by atoms with Gasteiger partial charge in [0, 0.05) is 31.7 Å². The Labute approximate surface area is 149 Å². The zero-order chi connectivity index (χ0) is 17.9. The largest absolute Gasteiger partial charge is 0.459 e. The molecule has 3 aromatic rings. The third kappa shape index (κ3) is 2.99. The highest BCUT2D eigenvalue weighted by atomic mass is 16.3. The summed E-state index contributed by atoms with van der Waals surface area (Å²) in [4.78, 5) is 32.6. The molecule has 7 nitrogen and oxygen atoms in total. The molecule has 0 unspecified atom stereocenters. The third-order valence-electron chi connectivity index (χ3n) is 4.39. The molecule has 0 saturated carbocycles. The lowest BCUT2D eigenvalue weighted by molar-refractivity contribution is 0.0515. The van der Waals surface area contributed by atoms with Gasteiger partial charge in [-0.05, 0) is 12.1 Å². The maximum atomic E-state index is 12.8. The number of nitrogens with zero attached hydrogens (tertiary/aromatic N) is 3. The van der Waals surface area contributed by atoms with E-state index in [4.69, 9.17) is 8.83 Å². The number of amides is 2. The number of carbonyl (C=O) groups excluding carboxylic acids is 2. The summed E-state index contributed by atoms with van der Waals surface area (Å²) < 4.78 is 10.6. The normalized spacial score (nSPS) is 14.5. The number of benzene rings is 1. The van der Waals surface area contributed by atoms with Crippen molar-refractivity contribution in [3.63, 3.8) is 0 Å². The molecular formula is C19H17N3O4. The number of piperazine rings is 1. The molecule has 2 aromatic heterocycles. The molecule has 26 heavy (non-hydrogen) atoms. The van der Waals surface area contributed by atoms with Crippen molar-refractivity contribution in [1.29, 1.82) is 0 Å². The molecule has 1 saturated heterocycles. The Balaban J connectivity index is 1.45. The Kier molecular flexibility index (Phi) is 4.27. The van der Waals surface area contributed by atoms with Crippen molar-refractivity contribution in [2.45, 2.75) is 0 Å². The van der Waals surface area contributed by atoms with Gasteiger partial charge < -0.3 is 18.6 Å². The molecule has 0 aliphatic carbocycles. The van der Waals surface area contributed by atoms with Crippen LogP contribution in [0.15, 0.2) is 64.0 Å². The number of furan rings is 1. The minimum atomic E-state index is -0.192. The molecule has 1 aliphatic rings. The van der Waals surface area contributed by atoms with Gasteiger partial charge in [-0.3, -0.25) is 9.59 Å². The number of aromatic nitrogens is 1. The standard InChI is InChI=1S/C19H17N3O4/c23-18(15-7-4-12-25-15)21-8-10-22(11-9-21)19(24)16-17(26-13-20-16)14-5-2-1-3-6-14/h1-7,12-13H,8-11H2. The molecule has 2 amide bonds. The molecule has 0 radical (unpaired) electrons. The van der Waals surface area contributed by atoms with Gasteiger partial charge >= 0.3 is 0 Å². The van der Waals surface area contributed by atoms with Crippen LogP contribution in [0, 0.1) is 0 Å². The summed E-state index contributed by atoms with van der Waals surface area (Å²) >= 11 is 0. The van der Waals surface area contributed by atoms with Gasteiger partial charge in [-0.2, -0.15) is 0 Å². The summed E-state index contributed by atoms with van der Waals surface area (Å²) in [5.74, 6) is 0.425. The second-order valence-corrected chi connectivity index (χ2v) is 5.96. The summed E-state index contributed by atoms with van der Waals surface area (Å²) in [6.45, 7) is 1.77. The van der Waals surface area contributed by atoms with E-state index >= 15 is 0 Å². The first-order valence-electron chi connectivity index (χ1n) is 8.35. The average Bonchev–Trinajstić information content (AvgIpc) is 3.39. The van der Waals surface area contributed by atoms with Crippen LogP contribution in [0.25, 0.3) is 11.3 Å². The molecule has 0 atom stereocenters. The van der Waals surface area contributed by atoms with Crippen molar-refractivity contribution < 1.29 is 18.4 Å². The van der Waals surface area contributed by atoms with E-state index in [0.29, 0.717) is 43.4 Å². The first kappa shape index (κ1) is 16.1. The summed E-state index contributed by atoms with van der Waals surface area (Å²) in [6.07, 6.45) is 2.76. The van der Waals surface area contributed by atoms with Crippen molar-refractivity contribution in [2.24, 2.45) is 0 Å². The highest BCUT2D eigenvalue weighted by Crippen LogP contribution is 2.24. The monoisotopic (exact) mass is 351 g/mol. The molecule has 0 N–H and O–H groups in total. The average molecular weight is 351 g/mol. The first-order chi connectivity index (χ1) is 12.7. The zero-order valence-corrected chi connectivity index (χ0v) is 14.0. The fourth-order valence-corrected chi connectivity index (χ4v) is 3.01. The smallest absolute Gasteiger partial charge is 0.289 e. The highest BCUT2D eigenvalue weighted by Gasteiger charge is 2.29. The lowest BCUT2D eigenvalue weighted by Crippen LogP contribution is -2.50. The van der Waals surface area contributed by atoms with E-state index in [1.54, 1.807) is 21.9 Å². The van der Waals surface area contributed by atoms with Gasteiger partial charge in [0.2, 0.25) is 0 Å². The van der Waals surface area contributed by atoms with Gasteiger partial charge in [0.1, 0.15) is 0 Å². The van der Waals surface area contributed by atoms with E-state index in [0.717, 1.165) is 5.56 Å². The molecule has 1 aliphatic heterocycles. The van der Waals surface area contributed by atoms with Crippen LogP contribution < -0.4 is 0 Å². The van der Waals surface area contributed by atoms with E-state index < -0.39 is 0 Å². The van der Waals surface area contributed by atoms with Gasteiger partial charge in [-0.1, -0.05) is 30.3 Å². The van der Waals surface area contributed by atoms with Crippen molar-refractivity contribution >= 4 is 11.8 Å². The topological polar surface area (TPSA) is 79.8 Å². The van der Waals surface area contributed by atoms with Crippen molar-refractivity contribution in [3.8, 4) is 11.3 Å². The van der Waals surface area contributed by atoms with Gasteiger partial charge in [0.05, 0.1) is 6.26 Å². The van der Waals surface area contributed by atoms with Gasteiger partial charge in [-0.15, -0.1) is 0 Å². The van der Waals surface area contributed by atoms with Gasteiger partial charge in [0.15, 0.2) is 23.6 Å². The summed E-state index contributed by atoms with van der Waals surface area (Å²) in [5.41, 5.74) is 1.10. The Morgan fingerprint density at radius 2 is 1.54 bits per heavy atom. The van der Waals surface area contributed by atoms with Gasteiger partial charge in [0.25, 0.3) is 11.8 Å². The van der Waals surface area contributed by atoms with Crippen LogP contribution in [0.3, 0.4) is 0 Å². The number of rotatable bonds is 3. The number of oxazole rings is 1. The molecule has 4 rings (SSSR count). The molecule has 132 valence electrons. The lowest BCUT2D eigenvalue weighted by Gasteiger charge is -2.34. The fraction of sp³-hybridized carbons (Fsp3) is 0.211. The van der Waals surface area contributed by atoms with E-state index in [2.05, 4.69) is 4.98 Å². The number of hydrogen-bond donors (Lipinski definition) is 0. The summed E-state index contributed by atoms with van der Waals surface area (Å²) in [7, 11) is 0. The van der Waals surface area contributed by atoms with Crippen LogP contribution in [0.2, 0.25) is 0 Å². The summed E-state index contributed by atoms with van der Waals surface area (Å²) in [5, 5.41) is 0. The molecular weight excluding hydrogens is 334 g/mol. The molecule has 7 heteroatoms. The van der Waals surface area contributed by atoms with E-state index in [1.165, 1.54) is 12.7 Å². The third-order valence-corrected chi connectivity index (χ3v) is 4.39. The van der Waals surface area contributed by atoms with Gasteiger partial charge in [-0.25, -0.2) is 4.98 Å². The molecule has 0 bridgehead atoms. The minimum Gasteiger partial charge on any atom is -0.459 e. The SMILES string of the molecule is O=C(c1ccco1)N1CCN(C(=O)c2ncoc2-c2ccccc2)CC1. The molecule has 1 fully saturated rings. The maximum Gasteiger partial charge on any atom is 0.289 e. The van der Waals surface area contributed by atoms with Crippen LogP contribution in [-0.2, 0) is 0 Å². The first-order valence-corrected chi connectivity index (χ1v) is 8.35. The number of hydrogen-bond acceptors (Lipinski definition) is 5. The second-order valence-electron chi connectivity index (χ2n) is 5.96. The highest BCUT2D eigenvalue weighted by molar-refractivity contribution is 5.98. The van der Waals surface area contributed by atoms with Crippen LogP contribution in [-0.4, -0.2) is 52.8 Å². The molecule has 3 heterocycles. The maximum absolute atomic E-state index is 12.8. The van der Waals surface area contributed by atoms with Crippen molar-refractivity contribution in [1.82, 2.24) is 14.8 Å². The Hall–Kier alpha value is -3.35. The quantitative estimate of drug-likeness (QED) is 0.724. The number of carbonyl (C=O) groups is 2.